The van der Waals surface area contributed by atoms with Gasteiger partial charge in [-0.3, -0.25) is 0 Å². The molecule has 0 aliphatic carbocycles. The second kappa shape index (κ2) is 6.23. The van der Waals surface area contributed by atoms with Crippen LogP contribution in [0.15, 0.2) is 36.9 Å². The SMILES string of the molecule is C=CCCCOC(=O)c1ccc(C(F)(F)F)cc1. The molecule has 0 unspecified atom stereocenters. The molecule has 0 aliphatic rings. The molecule has 0 bridgehead atoms. The van der Waals surface area contributed by atoms with Crippen molar-refractivity contribution < 1.29 is 22.7 Å². The van der Waals surface area contributed by atoms with E-state index in [0.717, 1.165) is 30.7 Å². The molecule has 0 atom stereocenters. The molecule has 0 radical (unpaired) electrons. The lowest BCUT2D eigenvalue weighted by molar-refractivity contribution is -0.137. The van der Waals surface area contributed by atoms with Gasteiger partial charge in [0.25, 0.3) is 0 Å². The Labute approximate surface area is 103 Å². The van der Waals surface area contributed by atoms with Crippen molar-refractivity contribution in [2.24, 2.45) is 0 Å². The number of ether oxygens (including phenoxy) is 1. The maximum Gasteiger partial charge on any atom is 0.416 e. The van der Waals surface area contributed by atoms with Gasteiger partial charge in [0.05, 0.1) is 17.7 Å². The van der Waals surface area contributed by atoms with Gasteiger partial charge in [0.1, 0.15) is 0 Å². The van der Waals surface area contributed by atoms with Crippen molar-refractivity contribution in [2.75, 3.05) is 6.61 Å². The number of carbonyl (C=O) groups is 1. The molecule has 0 fully saturated rings. The molecule has 0 heterocycles. The Morgan fingerprint density at radius 3 is 2.39 bits per heavy atom. The van der Waals surface area contributed by atoms with Crippen LogP contribution >= 0.6 is 0 Å². The molecule has 0 N–H and O–H groups in total. The summed E-state index contributed by atoms with van der Waals surface area (Å²) in [6.45, 7) is 3.75. The molecule has 98 valence electrons. The van der Waals surface area contributed by atoms with Gasteiger partial charge in [-0.05, 0) is 37.1 Å². The Bertz CT molecular complexity index is 407. The Balaban J connectivity index is 2.57. The van der Waals surface area contributed by atoms with E-state index in [9.17, 15) is 18.0 Å². The lowest BCUT2D eigenvalue weighted by Crippen LogP contribution is -2.08. The maximum atomic E-state index is 12.3. The van der Waals surface area contributed by atoms with Gasteiger partial charge in [-0.2, -0.15) is 13.2 Å². The normalized spacial score (nSPS) is 11.1. The van der Waals surface area contributed by atoms with E-state index < -0.39 is 17.7 Å². The summed E-state index contributed by atoms with van der Waals surface area (Å²) in [7, 11) is 0. The smallest absolute Gasteiger partial charge is 0.416 e. The predicted molar refractivity (Wildman–Crippen MR) is 61.2 cm³/mol. The summed E-state index contributed by atoms with van der Waals surface area (Å²) in [6.07, 6.45) is -1.32. The van der Waals surface area contributed by atoms with E-state index in [1.165, 1.54) is 0 Å². The second-order valence-electron chi connectivity index (χ2n) is 3.64. The van der Waals surface area contributed by atoms with Gasteiger partial charge in [0.2, 0.25) is 0 Å². The van der Waals surface area contributed by atoms with E-state index in [0.29, 0.717) is 6.42 Å². The average Bonchev–Trinajstić information content (AvgIpc) is 2.33. The number of allylic oxidation sites excluding steroid dienone is 1. The first kappa shape index (κ1) is 14.3. The molecular weight excluding hydrogens is 245 g/mol. The van der Waals surface area contributed by atoms with Crippen LogP contribution < -0.4 is 0 Å². The third-order valence-electron chi connectivity index (χ3n) is 2.23. The number of carbonyl (C=O) groups excluding carboxylic acids is 1. The van der Waals surface area contributed by atoms with Crippen molar-refractivity contribution in [3.63, 3.8) is 0 Å². The lowest BCUT2D eigenvalue weighted by atomic mass is 10.1. The monoisotopic (exact) mass is 258 g/mol. The van der Waals surface area contributed by atoms with Gasteiger partial charge >= 0.3 is 12.1 Å². The Morgan fingerprint density at radius 2 is 1.89 bits per heavy atom. The Hall–Kier alpha value is -1.78. The summed E-state index contributed by atoms with van der Waals surface area (Å²) >= 11 is 0. The van der Waals surface area contributed by atoms with Gasteiger partial charge < -0.3 is 4.74 Å². The first-order valence-corrected chi connectivity index (χ1v) is 5.40. The predicted octanol–water partition coefficient (Wildman–Crippen LogP) is 3.83. The molecule has 18 heavy (non-hydrogen) atoms. The largest absolute Gasteiger partial charge is 0.462 e. The molecule has 1 aromatic rings. The highest BCUT2D eigenvalue weighted by Gasteiger charge is 2.30. The van der Waals surface area contributed by atoms with Crippen molar-refractivity contribution in [1.82, 2.24) is 0 Å². The van der Waals surface area contributed by atoms with Crippen LogP contribution in [-0.4, -0.2) is 12.6 Å². The van der Waals surface area contributed by atoms with Crippen LogP contribution in [0, 0.1) is 0 Å². The summed E-state index contributed by atoms with van der Waals surface area (Å²) in [5.74, 6) is -0.618. The summed E-state index contributed by atoms with van der Waals surface area (Å²) in [5.41, 5.74) is -0.674. The average molecular weight is 258 g/mol. The molecule has 5 heteroatoms. The molecule has 0 aliphatic heterocycles. The van der Waals surface area contributed by atoms with Crippen molar-refractivity contribution >= 4 is 5.97 Å². The van der Waals surface area contributed by atoms with Crippen LogP contribution in [0.1, 0.15) is 28.8 Å². The quantitative estimate of drug-likeness (QED) is 0.456. The van der Waals surface area contributed by atoms with E-state index in [1.54, 1.807) is 6.08 Å². The number of alkyl halides is 3. The number of esters is 1. The number of halogens is 3. The fourth-order valence-electron chi connectivity index (χ4n) is 1.27. The van der Waals surface area contributed by atoms with Gasteiger partial charge in [-0.25, -0.2) is 4.79 Å². The van der Waals surface area contributed by atoms with Crippen LogP contribution in [0.25, 0.3) is 0 Å². The van der Waals surface area contributed by atoms with Crippen molar-refractivity contribution in [2.45, 2.75) is 19.0 Å². The van der Waals surface area contributed by atoms with Crippen LogP contribution in [0.3, 0.4) is 0 Å². The highest BCUT2D eigenvalue weighted by Crippen LogP contribution is 2.29. The third kappa shape index (κ3) is 4.24. The van der Waals surface area contributed by atoms with E-state index in [2.05, 4.69) is 6.58 Å². The number of hydrogen-bond acceptors (Lipinski definition) is 2. The molecule has 0 amide bonds. The fraction of sp³-hybridized carbons (Fsp3) is 0.308. The third-order valence-corrected chi connectivity index (χ3v) is 2.23. The minimum atomic E-state index is -4.40. The maximum absolute atomic E-state index is 12.3. The molecule has 1 aromatic carbocycles. The molecule has 1 rings (SSSR count). The summed E-state index contributed by atoms with van der Waals surface area (Å²) in [4.78, 5) is 11.4. The molecular formula is C13H13F3O2. The first-order valence-electron chi connectivity index (χ1n) is 5.40. The number of benzene rings is 1. The van der Waals surface area contributed by atoms with E-state index >= 15 is 0 Å². The van der Waals surface area contributed by atoms with Crippen molar-refractivity contribution in [3.8, 4) is 0 Å². The summed E-state index contributed by atoms with van der Waals surface area (Å²) in [6, 6.07) is 3.94. The lowest BCUT2D eigenvalue weighted by Gasteiger charge is -2.07. The molecule has 0 aromatic heterocycles. The zero-order valence-corrected chi connectivity index (χ0v) is 9.67. The van der Waals surface area contributed by atoms with Crippen LogP contribution in [-0.2, 0) is 10.9 Å². The number of hydrogen-bond donors (Lipinski definition) is 0. The number of rotatable bonds is 5. The van der Waals surface area contributed by atoms with Crippen LogP contribution in [0.5, 0.6) is 0 Å². The molecule has 2 nitrogen and oxygen atoms in total. The topological polar surface area (TPSA) is 26.3 Å². The molecule has 0 saturated heterocycles. The van der Waals surface area contributed by atoms with Crippen molar-refractivity contribution in [3.05, 3.63) is 48.0 Å². The minimum Gasteiger partial charge on any atom is -0.462 e. The molecule has 0 spiro atoms. The van der Waals surface area contributed by atoms with Crippen molar-refractivity contribution in [1.29, 1.82) is 0 Å². The van der Waals surface area contributed by atoms with E-state index in [1.807, 2.05) is 0 Å². The number of unbranched alkanes of at least 4 members (excludes halogenated alkanes) is 1. The van der Waals surface area contributed by atoms with Crippen LogP contribution in [0.4, 0.5) is 13.2 Å². The minimum absolute atomic E-state index is 0.113. The fourth-order valence-corrected chi connectivity index (χ4v) is 1.27. The van der Waals surface area contributed by atoms with Gasteiger partial charge in [-0.15, -0.1) is 6.58 Å². The van der Waals surface area contributed by atoms with E-state index in [4.69, 9.17) is 4.74 Å². The Kier molecular flexibility index (Phi) is 4.95. The van der Waals surface area contributed by atoms with Crippen LogP contribution in [0.2, 0.25) is 0 Å². The zero-order chi connectivity index (χ0) is 13.6. The second-order valence-corrected chi connectivity index (χ2v) is 3.64. The zero-order valence-electron chi connectivity index (χ0n) is 9.67. The molecule has 0 saturated carbocycles. The summed E-state index contributed by atoms with van der Waals surface area (Å²) in [5, 5.41) is 0. The highest BCUT2D eigenvalue weighted by atomic mass is 19.4. The highest BCUT2D eigenvalue weighted by molar-refractivity contribution is 5.89. The van der Waals surface area contributed by atoms with Gasteiger partial charge in [-0.1, -0.05) is 6.08 Å². The summed E-state index contributed by atoms with van der Waals surface area (Å²) < 4.78 is 41.7. The Morgan fingerprint density at radius 1 is 1.28 bits per heavy atom. The van der Waals surface area contributed by atoms with Gasteiger partial charge in [0, 0.05) is 0 Å². The van der Waals surface area contributed by atoms with E-state index in [-0.39, 0.29) is 12.2 Å². The van der Waals surface area contributed by atoms with Gasteiger partial charge in [0.15, 0.2) is 0 Å². The first-order chi connectivity index (χ1) is 8.45. The standard InChI is InChI=1S/C13H13F3O2/c1-2-3-4-9-18-12(17)10-5-7-11(8-6-10)13(14,15)16/h2,5-8H,1,3-4,9H2.